The molecular weight excluding hydrogens is 293 g/mol. The fraction of sp³-hybridized carbons (Fsp3) is 0.368. The fourth-order valence-electron chi connectivity index (χ4n) is 2.78. The molecule has 0 unspecified atom stereocenters. The van der Waals surface area contributed by atoms with E-state index in [9.17, 15) is 4.39 Å². The molecule has 1 aliphatic rings. The smallest absolute Gasteiger partial charge is 0.204 e. The molecule has 1 aliphatic heterocycles. The first kappa shape index (κ1) is 15.8. The molecule has 2 aromatic rings. The highest BCUT2D eigenvalue weighted by Crippen LogP contribution is 2.34. The van der Waals surface area contributed by atoms with E-state index in [4.69, 9.17) is 9.47 Å². The van der Waals surface area contributed by atoms with E-state index in [2.05, 4.69) is 4.90 Å². The molecule has 3 nitrogen and oxygen atoms in total. The zero-order valence-corrected chi connectivity index (χ0v) is 13.2. The van der Waals surface area contributed by atoms with Gasteiger partial charge in [0.2, 0.25) is 5.75 Å². The van der Waals surface area contributed by atoms with Gasteiger partial charge in [0.25, 0.3) is 0 Å². The van der Waals surface area contributed by atoms with Crippen molar-refractivity contribution in [1.82, 2.24) is 4.90 Å². The molecule has 0 spiro atoms. The number of rotatable bonds is 6. The van der Waals surface area contributed by atoms with Gasteiger partial charge in [-0.3, -0.25) is 4.90 Å². The maximum absolute atomic E-state index is 14.1. The summed E-state index contributed by atoms with van der Waals surface area (Å²) in [5.74, 6) is 0.783. The van der Waals surface area contributed by atoms with Crippen molar-refractivity contribution in [2.75, 3.05) is 26.2 Å². The highest BCUT2D eigenvalue weighted by atomic mass is 19.1. The lowest BCUT2D eigenvalue weighted by Gasteiger charge is -2.26. The average Bonchev–Trinajstić information content (AvgIpc) is 2.60. The Bertz CT molecular complexity index is 612. The summed E-state index contributed by atoms with van der Waals surface area (Å²) in [6.45, 7) is 3.65. The van der Waals surface area contributed by atoms with Gasteiger partial charge >= 0.3 is 0 Å². The van der Waals surface area contributed by atoms with Crippen LogP contribution in [0.2, 0.25) is 0 Å². The lowest BCUT2D eigenvalue weighted by atomic mass is 10.1. The van der Waals surface area contributed by atoms with Crippen LogP contribution < -0.4 is 9.47 Å². The van der Waals surface area contributed by atoms with Crippen molar-refractivity contribution in [3.63, 3.8) is 0 Å². The molecule has 0 amide bonds. The molecule has 0 atom stereocenters. The molecule has 0 radical (unpaired) electrons. The van der Waals surface area contributed by atoms with Crippen LogP contribution in [0.3, 0.4) is 0 Å². The minimum absolute atomic E-state index is 0.150. The summed E-state index contributed by atoms with van der Waals surface area (Å²) in [6.07, 6.45) is 3.82. The molecule has 0 saturated carbocycles. The monoisotopic (exact) mass is 315 g/mol. The van der Waals surface area contributed by atoms with Crippen LogP contribution >= 0.6 is 0 Å². The number of para-hydroxylation sites is 2. The minimum Gasteiger partial charge on any atom is -0.488 e. The number of hydrogen-bond acceptors (Lipinski definition) is 3. The molecule has 2 aromatic carbocycles. The first-order chi connectivity index (χ1) is 11.3. The van der Waals surface area contributed by atoms with Crippen molar-refractivity contribution in [3.05, 3.63) is 54.3 Å². The summed E-state index contributed by atoms with van der Waals surface area (Å²) >= 11 is 0. The van der Waals surface area contributed by atoms with E-state index < -0.39 is 5.82 Å². The van der Waals surface area contributed by atoms with Gasteiger partial charge in [-0.25, -0.2) is 4.39 Å². The second-order valence-corrected chi connectivity index (χ2v) is 5.73. The van der Waals surface area contributed by atoms with Crippen LogP contribution in [0.15, 0.2) is 48.5 Å². The largest absolute Gasteiger partial charge is 0.488 e. The number of benzene rings is 2. The van der Waals surface area contributed by atoms with E-state index in [1.165, 1.54) is 25.3 Å². The summed E-state index contributed by atoms with van der Waals surface area (Å²) in [7, 11) is 0. The lowest BCUT2D eigenvalue weighted by Crippen LogP contribution is -2.33. The average molecular weight is 315 g/mol. The molecule has 23 heavy (non-hydrogen) atoms. The van der Waals surface area contributed by atoms with Gasteiger partial charge in [-0.05, 0) is 50.2 Å². The number of piperidine rings is 1. The zero-order chi connectivity index (χ0) is 15.9. The highest BCUT2D eigenvalue weighted by Gasteiger charge is 2.14. The van der Waals surface area contributed by atoms with Crippen LogP contribution in [0.25, 0.3) is 0 Å². The Morgan fingerprint density at radius 2 is 1.70 bits per heavy atom. The third-order valence-electron chi connectivity index (χ3n) is 4.01. The first-order valence-corrected chi connectivity index (χ1v) is 8.19. The quantitative estimate of drug-likeness (QED) is 0.784. The van der Waals surface area contributed by atoms with E-state index in [1.54, 1.807) is 24.3 Å². The number of nitrogens with zero attached hydrogens (tertiary/aromatic N) is 1. The third kappa shape index (κ3) is 4.45. The molecule has 1 saturated heterocycles. The van der Waals surface area contributed by atoms with E-state index in [0.29, 0.717) is 18.1 Å². The zero-order valence-electron chi connectivity index (χ0n) is 13.2. The van der Waals surface area contributed by atoms with Crippen molar-refractivity contribution in [1.29, 1.82) is 0 Å². The number of ether oxygens (including phenoxy) is 2. The highest BCUT2D eigenvalue weighted by molar-refractivity contribution is 5.43. The standard InChI is InChI=1S/C19H22FNO2/c20-17-10-7-11-18(19(17)23-16-8-3-1-4-9-16)22-15-14-21-12-5-2-6-13-21/h1,3-4,7-11H,2,5-6,12-15H2. The molecule has 0 bridgehead atoms. The SMILES string of the molecule is Fc1cccc(OCCN2CCCCC2)c1Oc1ccccc1. The Balaban J connectivity index is 1.63. The van der Waals surface area contributed by atoms with Crippen LogP contribution in [0.5, 0.6) is 17.2 Å². The van der Waals surface area contributed by atoms with Gasteiger partial charge in [0, 0.05) is 6.54 Å². The van der Waals surface area contributed by atoms with Crippen LogP contribution in [0.1, 0.15) is 19.3 Å². The normalized spacial score (nSPS) is 15.3. The maximum atomic E-state index is 14.1. The van der Waals surface area contributed by atoms with Crippen molar-refractivity contribution in [3.8, 4) is 17.2 Å². The van der Waals surface area contributed by atoms with Crippen LogP contribution in [0, 0.1) is 5.82 Å². The Morgan fingerprint density at radius 1 is 0.913 bits per heavy atom. The van der Waals surface area contributed by atoms with Gasteiger partial charge in [-0.15, -0.1) is 0 Å². The molecule has 122 valence electrons. The lowest BCUT2D eigenvalue weighted by molar-refractivity contribution is 0.180. The molecule has 3 rings (SSSR count). The third-order valence-corrected chi connectivity index (χ3v) is 4.01. The predicted molar refractivity (Wildman–Crippen MR) is 88.7 cm³/mol. The first-order valence-electron chi connectivity index (χ1n) is 8.19. The van der Waals surface area contributed by atoms with E-state index in [0.717, 1.165) is 19.6 Å². The molecule has 4 heteroatoms. The topological polar surface area (TPSA) is 21.7 Å². The van der Waals surface area contributed by atoms with Crippen LogP contribution in [0.4, 0.5) is 4.39 Å². The summed E-state index contributed by atoms with van der Waals surface area (Å²) in [6, 6.07) is 14.0. The predicted octanol–water partition coefficient (Wildman–Crippen LogP) is 4.48. The summed E-state index contributed by atoms with van der Waals surface area (Å²) < 4.78 is 25.6. The van der Waals surface area contributed by atoms with Gasteiger partial charge in [0.1, 0.15) is 12.4 Å². The maximum Gasteiger partial charge on any atom is 0.204 e. The van der Waals surface area contributed by atoms with Gasteiger partial charge in [0.05, 0.1) is 0 Å². The molecule has 0 N–H and O–H groups in total. The Labute approximate surface area is 136 Å². The summed E-state index contributed by atoms with van der Waals surface area (Å²) in [4.78, 5) is 2.39. The Hall–Kier alpha value is -2.07. The number of likely N-dealkylation sites (tertiary alicyclic amines) is 1. The van der Waals surface area contributed by atoms with Gasteiger partial charge < -0.3 is 9.47 Å². The van der Waals surface area contributed by atoms with Crippen molar-refractivity contribution >= 4 is 0 Å². The molecule has 0 aliphatic carbocycles. The van der Waals surface area contributed by atoms with Gasteiger partial charge in [-0.2, -0.15) is 0 Å². The molecule has 1 heterocycles. The number of hydrogen-bond donors (Lipinski definition) is 0. The summed E-state index contributed by atoms with van der Waals surface area (Å²) in [5, 5.41) is 0. The van der Waals surface area contributed by atoms with Crippen LogP contribution in [-0.4, -0.2) is 31.1 Å². The van der Waals surface area contributed by atoms with E-state index in [1.807, 2.05) is 18.2 Å². The van der Waals surface area contributed by atoms with E-state index in [-0.39, 0.29) is 5.75 Å². The van der Waals surface area contributed by atoms with Crippen molar-refractivity contribution in [2.24, 2.45) is 0 Å². The Kier molecular flexibility index (Phi) is 5.48. The minimum atomic E-state index is -0.413. The number of halogens is 1. The van der Waals surface area contributed by atoms with Crippen molar-refractivity contribution < 1.29 is 13.9 Å². The second kappa shape index (κ2) is 7.97. The van der Waals surface area contributed by atoms with E-state index >= 15 is 0 Å². The van der Waals surface area contributed by atoms with Crippen molar-refractivity contribution in [2.45, 2.75) is 19.3 Å². The molecule has 1 fully saturated rings. The van der Waals surface area contributed by atoms with Gasteiger partial charge in [0.15, 0.2) is 11.6 Å². The molecular formula is C19H22FNO2. The summed E-state index contributed by atoms with van der Waals surface area (Å²) in [5.41, 5.74) is 0. The second-order valence-electron chi connectivity index (χ2n) is 5.73. The van der Waals surface area contributed by atoms with Crippen LogP contribution in [-0.2, 0) is 0 Å². The Morgan fingerprint density at radius 3 is 2.48 bits per heavy atom. The fourth-order valence-corrected chi connectivity index (χ4v) is 2.78. The van der Waals surface area contributed by atoms with Gasteiger partial charge in [-0.1, -0.05) is 30.7 Å². The molecule has 0 aromatic heterocycles.